The molecule has 1 heterocycles. The zero-order valence-corrected chi connectivity index (χ0v) is 12.0. The number of halogens is 1. The fraction of sp³-hybridized carbons (Fsp3) is 0.692. The summed E-state index contributed by atoms with van der Waals surface area (Å²) >= 11 is 0. The summed E-state index contributed by atoms with van der Waals surface area (Å²) in [6, 6.07) is 0. The second-order valence-electron chi connectivity index (χ2n) is 4.75. The molecule has 5 nitrogen and oxygen atoms in total. The van der Waals surface area contributed by atoms with Crippen LogP contribution < -0.4 is 9.64 Å². The first-order chi connectivity index (χ1) is 9.01. The van der Waals surface area contributed by atoms with Crippen LogP contribution in [0.15, 0.2) is 6.20 Å². The van der Waals surface area contributed by atoms with E-state index >= 15 is 0 Å². The highest BCUT2D eigenvalue weighted by Crippen LogP contribution is 2.28. The predicted octanol–water partition coefficient (Wildman–Crippen LogP) is 1.86. The summed E-state index contributed by atoms with van der Waals surface area (Å²) in [4.78, 5) is 9.78. The second kappa shape index (κ2) is 6.65. The third-order valence-corrected chi connectivity index (χ3v) is 3.64. The Morgan fingerprint density at radius 1 is 1.42 bits per heavy atom. The van der Waals surface area contributed by atoms with Gasteiger partial charge in [0, 0.05) is 19.0 Å². The Morgan fingerprint density at radius 2 is 2.05 bits per heavy atom. The van der Waals surface area contributed by atoms with Crippen molar-refractivity contribution in [1.29, 1.82) is 0 Å². The molecule has 1 aromatic heterocycles. The molecule has 19 heavy (non-hydrogen) atoms. The second-order valence-corrected chi connectivity index (χ2v) is 4.75. The molecule has 0 amide bonds. The van der Waals surface area contributed by atoms with Gasteiger partial charge in [-0.15, -0.1) is 0 Å². The van der Waals surface area contributed by atoms with E-state index in [-0.39, 0.29) is 17.9 Å². The molecule has 0 aliphatic carbocycles. The van der Waals surface area contributed by atoms with Crippen LogP contribution in [-0.2, 0) is 0 Å². The summed E-state index contributed by atoms with van der Waals surface area (Å²) in [5, 5.41) is 9.57. The van der Waals surface area contributed by atoms with Gasteiger partial charge in [-0.1, -0.05) is 13.8 Å². The Balaban J connectivity index is 2.91. The van der Waals surface area contributed by atoms with Crippen molar-refractivity contribution in [3.05, 3.63) is 12.0 Å². The summed E-state index contributed by atoms with van der Waals surface area (Å²) in [7, 11) is 3.19. The Hall–Kier alpha value is -1.43. The number of ether oxygens (including phenoxy) is 1. The van der Waals surface area contributed by atoms with E-state index in [0.717, 1.165) is 19.0 Å². The van der Waals surface area contributed by atoms with E-state index in [0.29, 0.717) is 12.5 Å². The van der Waals surface area contributed by atoms with E-state index in [4.69, 9.17) is 4.74 Å². The first-order valence-corrected chi connectivity index (χ1v) is 6.40. The minimum absolute atomic E-state index is 0.0700. The lowest BCUT2D eigenvalue weighted by Crippen LogP contribution is -2.38. The van der Waals surface area contributed by atoms with Crippen molar-refractivity contribution in [3.63, 3.8) is 0 Å². The monoisotopic (exact) mass is 271 g/mol. The summed E-state index contributed by atoms with van der Waals surface area (Å²) in [5.74, 6) is -0.267. The lowest BCUT2D eigenvalue weighted by molar-refractivity contribution is 0.121. The van der Waals surface area contributed by atoms with E-state index in [1.165, 1.54) is 7.11 Å². The molecule has 6 heteroatoms. The van der Waals surface area contributed by atoms with Gasteiger partial charge in [-0.2, -0.15) is 9.37 Å². The first-order valence-electron chi connectivity index (χ1n) is 6.40. The van der Waals surface area contributed by atoms with Crippen LogP contribution in [0, 0.1) is 11.2 Å². The normalized spacial score (nSPS) is 11.5. The van der Waals surface area contributed by atoms with Crippen LogP contribution >= 0.6 is 0 Å². The predicted molar refractivity (Wildman–Crippen MR) is 71.9 cm³/mol. The summed E-state index contributed by atoms with van der Waals surface area (Å²) in [6.07, 6.45) is 2.79. The molecule has 0 radical (unpaired) electrons. The van der Waals surface area contributed by atoms with Gasteiger partial charge >= 0.3 is 0 Å². The standard InChI is InChI=1S/C13H22FN3O2/c1-5-13(6-2,9-18)8-17(3)12-15-7-10(14)11(16-12)19-4/h7,18H,5-6,8-9H2,1-4H3. The van der Waals surface area contributed by atoms with Crippen LogP contribution in [-0.4, -0.2) is 42.4 Å². The van der Waals surface area contributed by atoms with Gasteiger partial charge in [-0.25, -0.2) is 4.98 Å². The number of aromatic nitrogens is 2. The number of anilines is 1. The smallest absolute Gasteiger partial charge is 0.255 e. The highest BCUT2D eigenvalue weighted by Gasteiger charge is 2.28. The topological polar surface area (TPSA) is 58.5 Å². The van der Waals surface area contributed by atoms with Gasteiger partial charge in [0.25, 0.3) is 5.88 Å². The van der Waals surface area contributed by atoms with Gasteiger partial charge in [-0.3, -0.25) is 0 Å². The largest absolute Gasteiger partial charge is 0.479 e. The molecule has 1 N–H and O–H groups in total. The number of aliphatic hydroxyl groups is 1. The van der Waals surface area contributed by atoms with Crippen LogP contribution in [0.3, 0.4) is 0 Å². The average molecular weight is 271 g/mol. The number of aliphatic hydroxyl groups excluding tert-OH is 1. The Bertz CT molecular complexity index is 403. The molecule has 1 aromatic rings. The van der Waals surface area contributed by atoms with Crippen molar-refractivity contribution >= 4 is 5.95 Å². The van der Waals surface area contributed by atoms with Gasteiger partial charge < -0.3 is 14.7 Å². The van der Waals surface area contributed by atoms with E-state index < -0.39 is 5.82 Å². The van der Waals surface area contributed by atoms with Gasteiger partial charge in [-0.05, 0) is 12.8 Å². The maximum Gasteiger partial charge on any atom is 0.255 e. The van der Waals surface area contributed by atoms with Crippen molar-refractivity contribution in [1.82, 2.24) is 9.97 Å². The quantitative estimate of drug-likeness (QED) is 0.820. The van der Waals surface area contributed by atoms with Crippen molar-refractivity contribution in [2.75, 3.05) is 32.2 Å². The van der Waals surface area contributed by atoms with Gasteiger partial charge in [0.2, 0.25) is 11.8 Å². The zero-order chi connectivity index (χ0) is 14.5. The van der Waals surface area contributed by atoms with Crippen LogP contribution in [0.5, 0.6) is 5.88 Å². The maximum atomic E-state index is 13.3. The van der Waals surface area contributed by atoms with E-state index in [2.05, 4.69) is 9.97 Å². The number of hydrogen-bond acceptors (Lipinski definition) is 5. The van der Waals surface area contributed by atoms with Crippen LogP contribution in [0.25, 0.3) is 0 Å². The van der Waals surface area contributed by atoms with Crippen LogP contribution in [0.2, 0.25) is 0 Å². The molecule has 0 fully saturated rings. The molecule has 0 bridgehead atoms. The molecule has 0 aliphatic rings. The fourth-order valence-corrected chi connectivity index (χ4v) is 1.99. The highest BCUT2D eigenvalue weighted by molar-refractivity contribution is 5.31. The van der Waals surface area contributed by atoms with E-state index in [1.807, 2.05) is 25.8 Å². The van der Waals surface area contributed by atoms with Crippen LogP contribution in [0.1, 0.15) is 26.7 Å². The Morgan fingerprint density at radius 3 is 2.53 bits per heavy atom. The molecule has 108 valence electrons. The molecule has 0 saturated heterocycles. The summed E-state index contributed by atoms with van der Waals surface area (Å²) in [6.45, 7) is 4.79. The van der Waals surface area contributed by atoms with Crippen molar-refractivity contribution in [2.45, 2.75) is 26.7 Å². The molecular weight excluding hydrogens is 249 g/mol. The molecule has 0 spiro atoms. The zero-order valence-electron chi connectivity index (χ0n) is 12.0. The third-order valence-electron chi connectivity index (χ3n) is 3.64. The SMILES string of the molecule is CCC(CC)(CO)CN(C)c1ncc(F)c(OC)n1. The lowest BCUT2D eigenvalue weighted by Gasteiger charge is -2.33. The first kappa shape index (κ1) is 15.6. The molecule has 0 aromatic carbocycles. The minimum Gasteiger partial charge on any atom is -0.479 e. The molecule has 1 rings (SSSR count). The van der Waals surface area contributed by atoms with Gasteiger partial charge in [0.1, 0.15) is 0 Å². The summed E-state index contributed by atoms with van der Waals surface area (Å²) < 4.78 is 18.1. The fourth-order valence-electron chi connectivity index (χ4n) is 1.99. The van der Waals surface area contributed by atoms with E-state index in [9.17, 15) is 9.50 Å². The Kier molecular flexibility index (Phi) is 5.47. The van der Waals surface area contributed by atoms with Crippen molar-refractivity contribution in [3.8, 4) is 5.88 Å². The number of nitrogens with zero attached hydrogens (tertiary/aromatic N) is 3. The molecule has 0 unspecified atom stereocenters. The van der Waals surface area contributed by atoms with Crippen LogP contribution in [0.4, 0.5) is 10.3 Å². The van der Waals surface area contributed by atoms with Gasteiger partial charge in [0.05, 0.1) is 19.9 Å². The van der Waals surface area contributed by atoms with Crippen molar-refractivity contribution < 1.29 is 14.2 Å². The summed E-state index contributed by atoms with van der Waals surface area (Å²) in [5.41, 5.74) is -0.195. The highest BCUT2D eigenvalue weighted by atomic mass is 19.1. The third kappa shape index (κ3) is 3.53. The van der Waals surface area contributed by atoms with Crippen molar-refractivity contribution in [2.24, 2.45) is 5.41 Å². The molecule has 0 saturated carbocycles. The average Bonchev–Trinajstić information content (AvgIpc) is 2.45. The Labute approximate surface area is 113 Å². The lowest BCUT2D eigenvalue weighted by atomic mass is 9.83. The molecular formula is C13H22FN3O2. The maximum absolute atomic E-state index is 13.3. The van der Waals surface area contributed by atoms with Gasteiger partial charge in [0.15, 0.2) is 0 Å². The minimum atomic E-state index is -0.584. The number of hydrogen-bond donors (Lipinski definition) is 1. The molecule has 0 aliphatic heterocycles. The number of rotatable bonds is 7. The van der Waals surface area contributed by atoms with E-state index in [1.54, 1.807) is 0 Å². The molecule has 0 atom stereocenters. The number of methoxy groups -OCH3 is 1.